The first-order chi connectivity index (χ1) is 7.02. The van der Waals surface area contributed by atoms with Crippen LogP contribution in [0.25, 0.3) is 0 Å². The number of thiocarbonyl (C=S) groups is 1. The van der Waals surface area contributed by atoms with Gasteiger partial charge in [0.2, 0.25) is 0 Å². The third-order valence-electron chi connectivity index (χ3n) is 1.93. The Bertz CT molecular complexity index is 348. The number of carbonyl (C=O) groups excluding carboxylic acids is 1. The standard InChI is InChI=1S/C9H13N3O2S/c1-5(2)7(8(10)15)11-9(13)6-3-4-14-12-6/h3-5,7H,1-2H3,(H2,10,15)(H,11,13). The number of rotatable bonds is 4. The smallest absolute Gasteiger partial charge is 0.274 e. The Morgan fingerprint density at radius 1 is 1.67 bits per heavy atom. The quantitative estimate of drug-likeness (QED) is 0.740. The molecule has 0 aliphatic heterocycles. The molecule has 1 unspecified atom stereocenters. The van der Waals surface area contributed by atoms with Crippen LogP contribution in [0, 0.1) is 5.92 Å². The molecule has 1 rings (SSSR count). The van der Waals surface area contributed by atoms with E-state index in [1.807, 2.05) is 13.8 Å². The molecule has 1 heterocycles. The maximum absolute atomic E-state index is 11.6. The fourth-order valence-corrected chi connectivity index (χ4v) is 1.44. The van der Waals surface area contributed by atoms with Crippen molar-refractivity contribution >= 4 is 23.1 Å². The van der Waals surface area contributed by atoms with E-state index in [-0.39, 0.29) is 28.5 Å². The first-order valence-corrected chi connectivity index (χ1v) is 4.93. The van der Waals surface area contributed by atoms with Gasteiger partial charge in [-0.1, -0.05) is 31.2 Å². The van der Waals surface area contributed by atoms with Crippen molar-refractivity contribution in [3.63, 3.8) is 0 Å². The highest BCUT2D eigenvalue weighted by atomic mass is 32.1. The molecule has 0 saturated carbocycles. The van der Waals surface area contributed by atoms with Crippen molar-refractivity contribution in [3.05, 3.63) is 18.0 Å². The molecule has 1 aromatic heterocycles. The lowest BCUT2D eigenvalue weighted by Crippen LogP contribution is -2.46. The molecule has 3 N–H and O–H groups in total. The van der Waals surface area contributed by atoms with Crippen molar-refractivity contribution in [3.8, 4) is 0 Å². The Labute approximate surface area is 93.0 Å². The number of aromatic nitrogens is 1. The van der Waals surface area contributed by atoms with Crippen LogP contribution in [0.15, 0.2) is 16.9 Å². The van der Waals surface area contributed by atoms with Crippen LogP contribution in [-0.2, 0) is 0 Å². The molecule has 0 saturated heterocycles. The average molecular weight is 227 g/mol. The van der Waals surface area contributed by atoms with Crippen LogP contribution in [-0.4, -0.2) is 22.1 Å². The van der Waals surface area contributed by atoms with Crippen molar-refractivity contribution in [2.24, 2.45) is 11.7 Å². The predicted octanol–water partition coefficient (Wildman–Crippen LogP) is 0.715. The SMILES string of the molecule is CC(C)C(NC(=O)c1ccon1)C(N)=S. The molecular formula is C9H13N3O2S. The van der Waals surface area contributed by atoms with Crippen LogP contribution in [0.4, 0.5) is 0 Å². The monoisotopic (exact) mass is 227 g/mol. The Morgan fingerprint density at radius 2 is 2.33 bits per heavy atom. The summed E-state index contributed by atoms with van der Waals surface area (Å²) in [5.41, 5.74) is 5.73. The van der Waals surface area contributed by atoms with E-state index in [0.717, 1.165) is 0 Å². The number of nitrogens with zero attached hydrogens (tertiary/aromatic N) is 1. The Morgan fingerprint density at radius 3 is 2.73 bits per heavy atom. The maximum Gasteiger partial charge on any atom is 0.274 e. The van der Waals surface area contributed by atoms with Crippen LogP contribution in [0.5, 0.6) is 0 Å². The van der Waals surface area contributed by atoms with Gasteiger partial charge < -0.3 is 15.6 Å². The number of carbonyl (C=O) groups is 1. The van der Waals surface area contributed by atoms with Crippen LogP contribution in [0.1, 0.15) is 24.3 Å². The van der Waals surface area contributed by atoms with E-state index < -0.39 is 0 Å². The minimum atomic E-state index is -0.338. The number of hydrogen-bond donors (Lipinski definition) is 2. The van der Waals surface area contributed by atoms with Gasteiger partial charge in [0.1, 0.15) is 6.26 Å². The van der Waals surface area contributed by atoms with E-state index in [1.54, 1.807) is 0 Å². The molecule has 82 valence electrons. The third kappa shape index (κ3) is 3.02. The van der Waals surface area contributed by atoms with Gasteiger partial charge in [-0.15, -0.1) is 0 Å². The Hall–Kier alpha value is -1.43. The van der Waals surface area contributed by atoms with Crippen LogP contribution < -0.4 is 11.1 Å². The number of amides is 1. The third-order valence-corrected chi connectivity index (χ3v) is 2.18. The topological polar surface area (TPSA) is 81.2 Å². The van der Waals surface area contributed by atoms with Gasteiger partial charge >= 0.3 is 0 Å². The molecular weight excluding hydrogens is 214 g/mol. The summed E-state index contributed by atoms with van der Waals surface area (Å²) in [6, 6.07) is 1.15. The first-order valence-electron chi connectivity index (χ1n) is 4.53. The van der Waals surface area contributed by atoms with Crippen LogP contribution >= 0.6 is 12.2 Å². The predicted molar refractivity (Wildman–Crippen MR) is 59.4 cm³/mol. The number of nitrogens with two attached hydrogens (primary N) is 1. The van der Waals surface area contributed by atoms with Gasteiger partial charge in [0.15, 0.2) is 5.69 Å². The molecule has 0 fully saturated rings. The highest BCUT2D eigenvalue weighted by Crippen LogP contribution is 2.03. The van der Waals surface area contributed by atoms with Gasteiger partial charge in [-0.25, -0.2) is 0 Å². The minimum Gasteiger partial charge on any atom is -0.392 e. The molecule has 5 nitrogen and oxygen atoms in total. The van der Waals surface area contributed by atoms with Gasteiger partial charge in [-0.2, -0.15) is 0 Å². The maximum atomic E-state index is 11.6. The molecule has 0 spiro atoms. The average Bonchev–Trinajstić information content (AvgIpc) is 2.65. The van der Waals surface area contributed by atoms with Crippen molar-refractivity contribution < 1.29 is 9.32 Å². The molecule has 15 heavy (non-hydrogen) atoms. The summed E-state index contributed by atoms with van der Waals surface area (Å²) in [6.07, 6.45) is 1.33. The lowest BCUT2D eigenvalue weighted by atomic mass is 10.0. The second-order valence-electron chi connectivity index (χ2n) is 3.48. The minimum absolute atomic E-state index is 0.137. The highest BCUT2D eigenvalue weighted by molar-refractivity contribution is 7.80. The largest absolute Gasteiger partial charge is 0.392 e. The van der Waals surface area contributed by atoms with Crippen molar-refractivity contribution in [2.45, 2.75) is 19.9 Å². The zero-order valence-electron chi connectivity index (χ0n) is 8.56. The molecule has 0 aliphatic rings. The van der Waals surface area contributed by atoms with Crippen LogP contribution in [0.2, 0.25) is 0 Å². The summed E-state index contributed by atoms with van der Waals surface area (Å²) in [5.74, 6) is -0.200. The zero-order chi connectivity index (χ0) is 11.4. The fraction of sp³-hybridized carbons (Fsp3) is 0.444. The van der Waals surface area contributed by atoms with E-state index in [0.29, 0.717) is 0 Å². The second kappa shape index (κ2) is 4.88. The Kier molecular flexibility index (Phi) is 3.79. The van der Waals surface area contributed by atoms with E-state index in [2.05, 4.69) is 15.0 Å². The summed E-state index contributed by atoms with van der Waals surface area (Å²) in [7, 11) is 0. The van der Waals surface area contributed by atoms with E-state index in [1.165, 1.54) is 12.3 Å². The molecule has 0 aromatic carbocycles. The molecule has 0 radical (unpaired) electrons. The van der Waals surface area contributed by atoms with Gasteiger partial charge in [0, 0.05) is 6.07 Å². The number of hydrogen-bond acceptors (Lipinski definition) is 4. The van der Waals surface area contributed by atoms with Gasteiger partial charge in [0.25, 0.3) is 5.91 Å². The number of nitrogens with one attached hydrogen (secondary N) is 1. The molecule has 0 aliphatic carbocycles. The van der Waals surface area contributed by atoms with Gasteiger partial charge in [-0.3, -0.25) is 4.79 Å². The van der Waals surface area contributed by atoms with Crippen molar-refractivity contribution in [2.75, 3.05) is 0 Å². The summed E-state index contributed by atoms with van der Waals surface area (Å²) >= 11 is 4.86. The molecule has 1 aromatic rings. The Balaban J connectivity index is 2.67. The molecule has 1 amide bonds. The van der Waals surface area contributed by atoms with Crippen molar-refractivity contribution in [1.82, 2.24) is 10.5 Å². The van der Waals surface area contributed by atoms with Gasteiger partial charge in [0.05, 0.1) is 11.0 Å². The summed E-state index contributed by atoms with van der Waals surface area (Å²) in [4.78, 5) is 11.8. The highest BCUT2D eigenvalue weighted by Gasteiger charge is 2.20. The van der Waals surface area contributed by atoms with Gasteiger partial charge in [-0.05, 0) is 5.92 Å². The van der Waals surface area contributed by atoms with E-state index >= 15 is 0 Å². The lowest BCUT2D eigenvalue weighted by molar-refractivity contribution is 0.0930. The molecule has 1 atom stereocenters. The second-order valence-corrected chi connectivity index (χ2v) is 3.95. The summed E-state index contributed by atoms with van der Waals surface area (Å²) < 4.78 is 4.56. The normalized spacial score (nSPS) is 12.5. The first kappa shape index (κ1) is 11.6. The van der Waals surface area contributed by atoms with E-state index in [9.17, 15) is 4.79 Å². The summed E-state index contributed by atoms with van der Waals surface area (Å²) in [5, 5.41) is 6.21. The summed E-state index contributed by atoms with van der Waals surface area (Å²) in [6.45, 7) is 3.85. The zero-order valence-corrected chi connectivity index (χ0v) is 9.38. The van der Waals surface area contributed by atoms with Crippen molar-refractivity contribution in [1.29, 1.82) is 0 Å². The van der Waals surface area contributed by atoms with E-state index in [4.69, 9.17) is 18.0 Å². The molecule has 0 bridgehead atoms. The molecule has 6 heteroatoms. The van der Waals surface area contributed by atoms with Crippen LogP contribution in [0.3, 0.4) is 0 Å². The lowest BCUT2D eigenvalue weighted by Gasteiger charge is -2.20. The fourth-order valence-electron chi connectivity index (χ4n) is 1.11.